The maximum Gasteiger partial charge on any atom is 0.486 e. The smallest absolute Gasteiger partial charge is 0.356 e. The van der Waals surface area contributed by atoms with Crippen LogP contribution in [0.3, 0.4) is 0 Å². The number of halogens is 3. The summed E-state index contributed by atoms with van der Waals surface area (Å²) in [6.45, 7) is -0.191. The van der Waals surface area contributed by atoms with Crippen molar-refractivity contribution in [2.75, 3.05) is 11.6 Å². The molecule has 0 bridgehead atoms. The maximum absolute atomic E-state index is 12.5. The van der Waals surface area contributed by atoms with Crippen LogP contribution in [0.15, 0.2) is 24.3 Å². The van der Waals surface area contributed by atoms with Gasteiger partial charge in [0.2, 0.25) is 0 Å². The highest BCUT2D eigenvalue weighted by Crippen LogP contribution is 2.33. The fourth-order valence-electron chi connectivity index (χ4n) is 1.42. The lowest BCUT2D eigenvalue weighted by molar-refractivity contribution is -0.145. The second-order valence-electron chi connectivity index (χ2n) is 3.00. The van der Waals surface area contributed by atoms with Gasteiger partial charge < -0.3 is 4.74 Å². The Bertz CT molecular complexity index is 337. The summed E-state index contributed by atoms with van der Waals surface area (Å²) in [5.41, 5.74) is 0.752. The number of hydrogen-bond donors (Lipinski definition) is 0. The van der Waals surface area contributed by atoms with Crippen LogP contribution in [0, 0.1) is 0 Å². The molecule has 1 heterocycles. The highest BCUT2D eigenvalue weighted by atomic mass is 19.4. The average Bonchev–Trinajstić information content (AvgIpc) is 2.15. The van der Waals surface area contributed by atoms with E-state index in [4.69, 9.17) is 4.74 Å². The standard InChI is InChI=1S/C9H8F3NO/c10-9(11,12)13-6-14-5-7-3-1-2-4-8(7)13/h1-4H,5-6H2. The van der Waals surface area contributed by atoms with Crippen molar-refractivity contribution in [1.29, 1.82) is 0 Å². The number of nitrogens with zero attached hydrogens (tertiary/aromatic N) is 1. The number of benzene rings is 1. The van der Waals surface area contributed by atoms with Gasteiger partial charge in [-0.15, -0.1) is 13.2 Å². The fourth-order valence-corrected chi connectivity index (χ4v) is 1.42. The quantitative estimate of drug-likeness (QED) is 0.600. The number of para-hydroxylation sites is 1. The van der Waals surface area contributed by atoms with E-state index in [2.05, 4.69) is 0 Å². The third kappa shape index (κ3) is 1.55. The van der Waals surface area contributed by atoms with Crippen LogP contribution in [0.1, 0.15) is 5.56 Å². The molecule has 0 aliphatic carbocycles. The Morgan fingerprint density at radius 3 is 2.64 bits per heavy atom. The molecule has 5 heteroatoms. The van der Waals surface area contributed by atoms with Crippen LogP contribution < -0.4 is 4.90 Å². The number of alkyl halides is 3. The number of fused-ring (bicyclic) bond motifs is 1. The molecule has 1 aliphatic heterocycles. The summed E-state index contributed by atoms with van der Waals surface area (Å²) in [7, 11) is 0. The molecule has 0 aromatic heterocycles. The first-order valence-electron chi connectivity index (χ1n) is 4.09. The van der Waals surface area contributed by atoms with Crippen molar-refractivity contribution in [3.05, 3.63) is 29.8 Å². The summed E-state index contributed by atoms with van der Waals surface area (Å²) in [6.07, 6.45) is -4.38. The summed E-state index contributed by atoms with van der Waals surface area (Å²) < 4.78 is 42.2. The molecular weight excluding hydrogens is 195 g/mol. The van der Waals surface area contributed by atoms with Crippen LogP contribution in [0.4, 0.5) is 18.9 Å². The predicted octanol–water partition coefficient (Wildman–Crippen LogP) is 2.50. The van der Waals surface area contributed by atoms with E-state index in [1.165, 1.54) is 6.07 Å². The molecule has 1 aromatic rings. The molecule has 76 valence electrons. The average molecular weight is 203 g/mol. The minimum Gasteiger partial charge on any atom is -0.356 e. The van der Waals surface area contributed by atoms with E-state index in [9.17, 15) is 13.2 Å². The molecule has 14 heavy (non-hydrogen) atoms. The molecule has 1 aromatic carbocycles. The van der Waals surface area contributed by atoms with E-state index < -0.39 is 13.0 Å². The molecule has 0 saturated heterocycles. The van der Waals surface area contributed by atoms with Gasteiger partial charge in [0, 0.05) is 5.56 Å². The van der Waals surface area contributed by atoms with Gasteiger partial charge in [-0.25, -0.2) is 0 Å². The van der Waals surface area contributed by atoms with Gasteiger partial charge in [0.1, 0.15) is 6.73 Å². The Morgan fingerprint density at radius 2 is 1.93 bits per heavy atom. The van der Waals surface area contributed by atoms with E-state index in [1.807, 2.05) is 0 Å². The van der Waals surface area contributed by atoms with Gasteiger partial charge in [0.25, 0.3) is 0 Å². The van der Waals surface area contributed by atoms with Gasteiger partial charge in [-0.3, -0.25) is 4.90 Å². The zero-order valence-electron chi connectivity index (χ0n) is 7.21. The van der Waals surface area contributed by atoms with Crippen LogP contribution >= 0.6 is 0 Å². The van der Waals surface area contributed by atoms with Gasteiger partial charge in [-0.2, -0.15) is 0 Å². The normalized spacial score (nSPS) is 16.6. The largest absolute Gasteiger partial charge is 0.486 e. The second kappa shape index (κ2) is 3.16. The van der Waals surface area contributed by atoms with Crippen molar-refractivity contribution in [1.82, 2.24) is 0 Å². The second-order valence-corrected chi connectivity index (χ2v) is 3.00. The Labute approximate surface area is 78.9 Å². The van der Waals surface area contributed by atoms with Gasteiger partial charge in [-0.1, -0.05) is 18.2 Å². The van der Waals surface area contributed by atoms with Crippen LogP contribution in [0.5, 0.6) is 0 Å². The van der Waals surface area contributed by atoms with Crippen molar-refractivity contribution < 1.29 is 17.9 Å². The molecule has 0 atom stereocenters. The third-order valence-corrected chi connectivity index (χ3v) is 2.07. The number of rotatable bonds is 0. The molecule has 0 radical (unpaired) electrons. The Kier molecular flexibility index (Phi) is 2.11. The lowest BCUT2D eigenvalue weighted by Gasteiger charge is -2.32. The number of anilines is 1. The van der Waals surface area contributed by atoms with Crippen LogP contribution in [0.2, 0.25) is 0 Å². The molecule has 0 fully saturated rings. The van der Waals surface area contributed by atoms with Crippen LogP contribution in [0.25, 0.3) is 0 Å². The summed E-state index contributed by atoms with van der Waals surface area (Å²) in [4.78, 5) is 0.297. The van der Waals surface area contributed by atoms with Crippen molar-refractivity contribution in [2.45, 2.75) is 12.9 Å². The minimum atomic E-state index is -4.38. The SMILES string of the molecule is FC(F)(F)N1COCc2ccccc21. The Balaban J connectivity index is 2.41. The molecule has 0 N–H and O–H groups in total. The predicted molar refractivity (Wildman–Crippen MR) is 44.6 cm³/mol. The minimum absolute atomic E-state index is 0.186. The summed E-state index contributed by atoms with van der Waals surface area (Å²) in [5.74, 6) is 0. The highest BCUT2D eigenvalue weighted by molar-refractivity contribution is 5.54. The molecule has 0 amide bonds. The topological polar surface area (TPSA) is 12.5 Å². The molecule has 2 rings (SSSR count). The lowest BCUT2D eigenvalue weighted by Crippen LogP contribution is -2.42. The van der Waals surface area contributed by atoms with Crippen LogP contribution in [-0.2, 0) is 11.3 Å². The molecular formula is C9H8F3NO. The highest BCUT2D eigenvalue weighted by Gasteiger charge is 2.40. The van der Waals surface area contributed by atoms with E-state index in [-0.39, 0.29) is 12.3 Å². The Hall–Kier alpha value is -1.23. The van der Waals surface area contributed by atoms with E-state index in [1.54, 1.807) is 18.2 Å². The molecule has 2 nitrogen and oxygen atoms in total. The van der Waals surface area contributed by atoms with Crippen LogP contribution in [-0.4, -0.2) is 13.0 Å². The zero-order chi connectivity index (χ0) is 10.2. The number of hydrogen-bond acceptors (Lipinski definition) is 2. The Morgan fingerprint density at radius 1 is 1.21 bits per heavy atom. The molecule has 0 saturated carbocycles. The summed E-state index contributed by atoms with van der Waals surface area (Å²) in [5, 5.41) is 0. The first-order chi connectivity index (χ1) is 6.59. The third-order valence-electron chi connectivity index (χ3n) is 2.07. The lowest BCUT2D eigenvalue weighted by atomic mass is 10.1. The maximum atomic E-state index is 12.5. The first kappa shape index (κ1) is 9.33. The van der Waals surface area contributed by atoms with Gasteiger partial charge >= 0.3 is 6.30 Å². The first-order valence-corrected chi connectivity index (χ1v) is 4.09. The zero-order valence-corrected chi connectivity index (χ0v) is 7.21. The summed E-state index contributed by atoms with van der Waals surface area (Å²) in [6, 6.07) is 6.36. The van der Waals surface area contributed by atoms with Crippen molar-refractivity contribution in [3.63, 3.8) is 0 Å². The van der Waals surface area contributed by atoms with Crippen molar-refractivity contribution in [3.8, 4) is 0 Å². The van der Waals surface area contributed by atoms with Gasteiger partial charge in [0.15, 0.2) is 0 Å². The molecule has 0 unspecified atom stereocenters. The van der Waals surface area contributed by atoms with Crippen molar-refractivity contribution >= 4 is 5.69 Å². The fraction of sp³-hybridized carbons (Fsp3) is 0.333. The molecule has 0 spiro atoms. The van der Waals surface area contributed by atoms with Crippen molar-refractivity contribution in [2.24, 2.45) is 0 Å². The summed E-state index contributed by atoms with van der Waals surface area (Å²) >= 11 is 0. The monoisotopic (exact) mass is 203 g/mol. The number of ether oxygens (including phenoxy) is 1. The molecule has 1 aliphatic rings. The van der Waals surface area contributed by atoms with E-state index in [0.29, 0.717) is 10.5 Å². The van der Waals surface area contributed by atoms with E-state index in [0.717, 1.165) is 0 Å². The van der Waals surface area contributed by atoms with Gasteiger partial charge in [-0.05, 0) is 6.07 Å². The van der Waals surface area contributed by atoms with E-state index >= 15 is 0 Å². The van der Waals surface area contributed by atoms with Gasteiger partial charge in [0.05, 0.1) is 12.3 Å².